The number of rotatable bonds is 6. The summed E-state index contributed by atoms with van der Waals surface area (Å²) in [5.41, 5.74) is 1.75. The predicted octanol–water partition coefficient (Wildman–Crippen LogP) is 2.82. The number of hydrogen-bond donors (Lipinski definition) is 0. The number of anilines is 1. The van der Waals surface area contributed by atoms with Gasteiger partial charge in [-0.2, -0.15) is 0 Å². The number of nitrogens with zero attached hydrogens (tertiary/aromatic N) is 3. The van der Waals surface area contributed by atoms with Gasteiger partial charge in [0.25, 0.3) is 0 Å². The average Bonchev–Trinajstić information content (AvgIpc) is 2.52. The minimum absolute atomic E-state index is 0.249. The molecule has 0 aliphatic rings. The number of fused-ring (bicyclic) bond motifs is 1. The van der Waals surface area contributed by atoms with E-state index in [1.807, 2.05) is 36.1 Å². The Morgan fingerprint density at radius 2 is 2.10 bits per heavy atom. The van der Waals surface area contributed by atoms with Crippen LogP contribution in [-0.4, -0.2) is 35.9 Å². The summed E-state index contributed by atoms with van der Waals surface area (Å²) < 4.78 is 5.10. The zero-order valence-corrected chi connectivity index (χ0v) is 12.4. The summed E-state index contributed by atoms with van der Waals surface area (Å²) >= 11 is 0. The first-order valence-corrected chi connectivity index (χ1v) is 7.01. The van der Waals surface area contributed by atoms with Crippen LogP contribution in [-0.2, 0) is 4.74 Å². The van der Waals surface area contributed by atoms with E-state index in [1.54, 1.807) is 13.0 Å². The van der Waals surface area contributed by atoms with E-state index >= 15 is 0 Å². The Morgan fingerprint density at radius 3 is 2.76 bits per heavy atom. The largest absolute Gasteiger partial charge is 0.461 e. The van der Waals surface area contributed by atoms with Gasteiger partial charge in [0.2, 0.25) is 0 Å². The molecular weight excluding hydrogens is 266 g/mol. The van der Waals surface area contributed by atoms with Gasteiger partial charge >= 0.3 is 5.97 Å². The maximum absolute atomic E-state index is 12.2. The predicted molar refractivity (Wildman–Crippen MR) is 83.6 cm³/mol. The minimum atomic E-state index is -0.451. The lowest BCUT2D eigenvalue weighted by atomic mass is 10.1. The number of aromatic nitrogens is 2. The molecule has 0 unspecified atom stereocenters. The fraction of sp³-hybridized carbons (Fsp3) is 0.312. The van der Waals surface area contributed by atoms with Gasteiger partial charge in [-0.1, -0.05) is 24.3 Å². The van der Waals surface area contributed by atoms with Crippen molar-refractivity contribution in [1.29, 1.82) is 0 Å². The molecule has 1 aromatic carbocycles. The normalized spacial score (nSPS) is 10.4. The summed E-state index contributed by atoms with van der Waals surface area (Å²) in [5, 5.41) is 9.08. The lowest BCUT2D eigenvalue weighted by Gasteiger charge is -2.24. The number of benzene rings is 1. The van der Waals surface area contributed by atoms with E-state index in [0.717, 1.165) is 23.1 Å². The Morgan fingerprint density at radius 1 is 1.33 bits per heavy atom. The highest BCUT2D eigenvalue weighted by Gasteiger charge is 2.21. The first kappa shape index (κ1) is 15.0. The molecule has 21 heavy (non-hydrogen) atoms. The van der Waals surface area contributed by atoms with Gasteiger partial charge in [-0.25, -0.2) is 4.79 Å². The van der Waals surface area contributed by atoms with E-state index in [-0.39, 0.29) is 5.69 Å². The van der Waals surface area contributed by atoms with E-state index < -0.39 is 5.97 Å². The van der Waals surface area contributed by atoms with Crippen molar-refractivity contribution in [2.24, 2.45) is 0 Å². The highest BCUT2D eigenvalue weighted by Crippen LogP contribution is 2.28. The second-order valence-electron chi connectivity index (χ2n) is 4.46. The molecule has 0 spiro atoms. The van der Waals surface area contributed by atoms with Gasteiger partial charge in [0.1, 0.15) is 0 Å². The summed E-state index contributed by atoms with van der Waals surface area (Å²) in [6, 6.07) is 7.63. The molecule has 0 bridgehead atoms. The number of carbonyl (C=O) groups excluding carboxylic acids is 1. The van der Waals surface area contributed by atoms with Gasteiger partial charge in [0, 0.05) is 18.5 Å². The molecule has 0 radical (unpaired) electrons. The van der Waals surface area contributed by atoms with Gasteiger partial charge in [0.15, 0.2) is 5.69 Å². The van der Waals surface area contributed by atoms with Crippen molar-refractivity contribution in [3.05, 3.63) is 42.6 Å². The molecule has 0 aliphatic heterocycles. The second-order valence-corrected chi connectivity index (χ2v) is 4.46. The van der Waals surface area contributed by atoms with Gasteiger partial charge in [-0.15, -0.1) is 16.8 Å². The molecule has 2 rings (SSSR count). The Balaban J connectivity index is 2.67. The molecule has 0 amide bonds. The molecule has 0 aliphatic carbocycles. The fourth-order valence-electron chi connectivity index (χ4n) is 2.23. The van der Waals surface area contributed by atoms with Crippen LogP contribution in [0.2, 0.25) is 0 Å². The Kier molecular flexibility index (Phi) is 4.87. The van der Waals surface area contributed by atoms with E-state index in [4.69, 9.17) is 4.74 Å². The Hall–Kier alpha value is -2.43. The molecule has 110 valence electrons. The summed E-state index contributed by atoms with van der Waals surface area (Å²) in [6.45, 7) is 9.22. The van der Waals surface area contributed by atoms with Crippen LogP contribution < -0.4 is 4.90 Å². The minimum Gasteiger partial charge on any atom is -0.461 e. The van der Waals surface area contributed by atoms with Gasteiger partial charge in [-0.05, 0) is 19.9 Å². The topological polar surface area (TPSA) is 55.3 Å². The standard InChI is InChI=1S/C16H19N3O2/c1-4-11-19(5-2)15-12-9-7-8-10-13(12)17-18-14(15)16(20)21-6-3/h4,7-10H,1,5-6,11H2,2-3H3. The number of likely N-dealkylation sites (N-methyl/N-ethyl adjacent to an activating group) is 1. The summed E-state index contributed by atoms with van der Waals surface area (Å²) in [6.07, 6.45) is 1.80. The molecule has 2 aromatic rings. The zero-order valence-electron chi connectivity index (χ0n) is 12.4. The van der Waals surface area contributed by atoms with Crippen molar-refractivity contribution in [3.63, 3.8) is 0 Å². The van der Waals surface area contributed by atoms with Crippen LogP contribution in [0.15, 0.2) is 36.9 Å². The van der Waals surface area contributed by atoms with Crippen molar-refractivity contribution in [1.82, 2.24) is 10.2 Å². The van der Waals surface area contributed by atoms with Crippen LogP contribution in [0, 0.1) is 0 Å². The first-order chi connectivity index (χ1) is 10.2. The highest BCUT2D eigenvalue weighted by atomic mass is 16.5. The van der Waals surface area contributed by atoms with Crippen molar-refractivity contribution < 1.29 is 9.53 Å². The third kappa shape index (κ3) is 3.02. The maximum atomic E-state index is 12.2. The first-order valence-electron chi connectivity index (χ1n) is 7.01. The number of carbonyl (C=O) groups is 1. The molecule has 1 aromatic heterocycles. The van der Waals surface area contributed by atoms with Crippen LogP contribution in [0.5, 0.6) is 0 Å². The number of ether oxygens (including phenoxy) is 1. The van der Waals surface area contributed by atoms with Crippen molar-refractivity contribution in [3.8, 4) is 0 Å². The van der Waals surface area contributed by atoms with E-state index in [0.29, 0.717) is 13.2 Å². The van der Waals surface area contributed by atoms with Crippen molar-refractivity contribution >= 4 is 22.6 Å². The summed E-state index contributed by atoms with van der Waals surface area (Å²) in [5.74, 6) is -0.451. The van der Waals surface area contributed by atoms with E-state index in [1.165, 1.54) is 0 Å². The maximum Gasteiger partial charge on any atom is 0.361 e. The monoisotopic (exact) mass is 285 g/mol. The molecule has 0 atom stereocenters. The number of esters is 1. The second kappa shape index (κ2) is 6.83. The van der Waals surface area contributed by atoms with Crippen LogP contribution in [0.1, 0.15) is 24.3 Å². The third-order valence-electron chi connectivity index (χ3n) is 3.16. The van der Waals surface area contributed by atoms with Crippen LogP contribution in [0.4, 0.5) is 5.69 Å². The van der Waals surface area contributed by atoms with Crippen LogP contribution >= 0.6 is 0 Å². The quantitative estimate of drug-likeness (QED) is 0.603. The van der Waals surface area contributed by atoms with Crippen molar-refractivity contribution in [2.45, 2.75) is 13.8 Å². The van der Waals surface area contributed by atoms with Gasteiger partial charge < -0.3 is 9.64 Å². The highest BCUT2D eigenvalue weighted by molar-refractivity contribution is 6.03. The van der Waals surface area contributed by atoms with E-state index in [9.17, 15) is 4.79 Å². The van der Waals surface area contributed by atoms with Gasteiger partial charge in [0.05, 0.1) is 17.8 Å². The molecule has 1 heterocycles. The smallest absolute Gasteiger partial charge is 0.361 e. The zero-order chi connectivity index (χ0) is 15.2. The molecule has 0 saturated carbocycles. The molecule has 5 nitrogen and oxygen atoms in total. The average molecular weight is 285 g/mol. The van der Waals surface area contributed by atoms with E-state index in [2.05, 4.69) is 16.8 Å². The summed E-state index contributed by atoms with van der Waals surface area (Å²) in [4.78, 5) is 14.2. The third-order valence-corrected chi connectivity index (χ3v) is 3.16. The Labute approximate surface area is 124 Å². The lowest BCUT2D eigenvalue weighted by molar-refractivity contribution is 0.0519. The molecular formula is C16H19N3O2. The Bertz CT molecular complexity index is 655. The summed E-state index contributed by atoms with van der Waals surface area (Å²) in [7, 11) is 0. The molecule has 0 fully saturated rings. The molecule has 0 saturated heterocycles. The van der Waals surface area contributed by atoms with Crippen LogP contribution in [0.25, 0.3) is 10.9 Å². The lowest BCUT2D eigenvalue weighted by Crippen LogP contribution is -2.26. The molecule has 0 N–H and O–H groups in total. The van der Waals surface area contributed by atoms with Crippen molar-refractivity contribution in [2.75, 3.05) is 24.6 Å². The van der Waals surface area contributed by atoms with Gasteiger partial charge in [-0.3, -0.25) is 0 Å². The fourth-order valence-corrected chi connectivity index (χ4v) is 2.23. The molecule has 5 heteroatoms. The SMILES string of the molecule is C=CCN(CC)c1c(C(=O)OCC)nnc2ccccc12. The van der Waals surface area contributed by atoms with Crippen LogP contribution in [0.3, 0.4) is 0 Å². The number of hydrogen-bond acceptors (Lipinski definition) is 5.